The maximum absolute atomic E-state index is 12.1. The van der Waals surface area contributed by atoms with Crippen molar-refractivity contribution in [3.8, 4) is 5.75 Å². The van der Waals surface area contributed by atoms with Crippen molar-refractivity contribution < 1.29 is 14.3 Å². The molecule has 1 amide bonds. The van der Waals surface area contributed by atoms with Gasteiger partial charge in [-0.1, -0.05) is 18.2 Å². The van der Waals surface area contributed by atoms with Crippen LogP contribution in [0, 0.1) is 5.92 Å². The van der Waals surface area contributed by atoms with Crippen molar-refractivity contribution in [3.05, 3.63) is 29.8 Å². The summed E-state index contributed by atoms with van der Waals surface area (Å²) >= 11 is 0. The number of methoxy groups -OCH3 is 2. The van der Waals surface area contributed by atoms with Gasteiger partial charge in [0.25, 0.3) is 0 Å². The second kappa shape index (κ2) is 10.4. The normalized spacial score (nSPS) is 18.1. The number of hydrogen-bond acceptors (Lipinski definition) is 4. The number of ether oxygens (including phenoxy) is 2. The molecule has 0 radical (unpaired) electrons. The second-order valence-electron chi connectivity index (χ2n) is 6.89. The molecule has 140 valence electrons. The number of carbonyl (C=O) groups is 1. The Morgan fingerprint density at radius 2 is 2.12 bits per heavy atom. The van der Waals surface area contributed by atoms with Gasteiger partial charge in [0.1, 0.15) is 5.75 Å². The van der Waals surface area contributed by atoms with Crippen LogP contribution in [-0.4, -0.2) is 69.8 Å². The molecule has 1 aliphatic rings. The highest BCUT2D eigenvalue weighted by Crippen LogP contribution is 2.21. The maximum Gasteiger partial charge on any atom is 0.224 e. The Morgan fingerprint density at radius 3 is 2.88 bits per heavy atom. The molecule has 5 nitrogen and oxygen atoms in total. The van der Waals surface area contributed by atoms with Gasteiger partial charge in [-0.15, -0.1) is 0 Å². The fourth-order valence-electron chi connectivity index (χ4n) is 3.56. The Balaban J connectivity index is 1.79. The molecule has 2 rings (SSSR count). The molecule has 0 spiro atoms. The average Bonchev–Trinajstić information content (AvgIpc) is 2.64. The first kappa shape index (κ1) is 19.7. The van der Waals surface area contributed by atoms with Crippen LogP contribution in [0.25, 0.3) is 0 Å². The van der Waals surface area contributed by atoms with E-state index in [9.17, 15) is 4.79 Å². The number of carbonyl (C=O) groups excluding carboxylic acids is 1. The highest BCUT2D eigenvalue weighted by molar-refractivity contribution is 5.75. The SMILES string of the molecule is COCCC(=O)N(C)C[C@@H]1CCCN(CCc2ccccc2OC)C1. The molecular formula is C20H32N2O3. The van der Waals surface area contributed by atoms with Crippen LogP contribution in [0.5, 0.6) is 5.75 Å². The Hall–Kier alpha value is -1.59. The Kier molecular flexibility index (Phi) is 8.22. The summed E-state index contributed by atoms with van der Waals surface area (Å²) in [5, 5.41) is 0. The molecule has 1 fully saturated rings. The fraction of sp³-hybridized carbons (Fsp3) is 0.650. The molecular weight excluding hydrogens is 316 g/mol. The van der Waals surface area contributed by atoms with Gasteiger partial charge in [0, 0.05) is 33.8 Å². The van der Waals surface area contributed by atoms with Crippen molar-refractivity contribution in [2.24, 2.45) is 5.92 Å². The van der Waals surface area contributed by atoms with Crippen LogP contribution in [0.3, 0.4) is 0 Å². The standard InChI is InChI=1S/C20H32N2O3/c1-21(20(23)11-14-24-2)15-17-7-6-12-22(16-17)13-10-18-8-4-5-9-19(18)25-3/h4-5,8-9,17H,6-7,10-16H2,1-3H3/t17-/m0/s1. The minimum Gasteiger partial charge on any atom is -0.496 e. The van der Waals surface area contributed by atoms with Gasteiger partial charge in [0.2, 0.25) is 5.91 Å². The number of hydrogen-bond donors (Lipinski definition) is 0. The first-order chi connectivity index (χ1) is 12.1. The number of amides is 1. The summed E-state index contributed by atoms with van der Waals surface area (Å²) in [5.41, 5.74) is 1.26. The number of nitrogens with zero attached hydrogens (tertiary/aromatic N) is 2. The quantitative estimate of drug-likeness (QED) is 0.687. The monoisotopic (exact) mass is 348 g/mol. The number of piperidine rings is 1. The molecule has 0 unspecified atom stereocenters. The van der Waals surface area contributed by atoms with E-state index in [1.807, 2.05) is 24.1 Å². The minimum atomic E-state index is 0.174. The summed E-state index contributed by atoms with van der Waals surface area (Å²) < 4.78 is 10.4. The molecule has 1 aromatic carbocycles. The lowest BCUT2D eigenvalue weighted by molar-refractivity contribution is -0.131. The molecule has 0 aromatic heterocycles. The number of benzene rings is 1. The molecule has 0 saturated carbocycles. The Bertz CT molecular complexity index is 535. The van der Waals surface area contributed by atoms with E-state index in [0.717, 1.165) is 38.3 Å². The van der Waals surface area contributed by atoms with Crippen LogP contribution in [0.2, 0.25) is 0 Å². The van der Waals surface area contributed by atoms with Crippen molar-refractivity contribution in [1.82, 2.24) is 9.80 Å². The van der Waals surface area contributed by atoms with Crippen LogP contribution in [0.15, 0.2) is 24.3 Å². The smallest absolute Gasteiger partial charge is 0.224 e. The maximum atomic E-state index is 12.1. The summed E-state index contributed by atoms with van der Waals surface area (Å²) in [7, 11) is 5.27. The van der Waals surface area contributed by atoms with Crippen LogP contribution >= 0.6 is 0 Å². The zero-order valence-corrected chi connectivity index (χ0v) is 15.9. The molecule has 1 atom stereocenters. The lowest BCUT2D eigenvalue weighted by Crippen LogP contribution is -2.42. The number of rotatable bonds is 9. The van der Waals surface area contributed by atoms with Crippen molar-refractivity contribution in [3.63, 3.8) is 0 Å². The molecule has 25 heavy (non-hydrogen) atoms. The van der Waals surface area contributed by atoms with Crippen molar-refractivity contribution in [1.29, 1.82) is 0 Å². The van der Waals surface area contributed by atoms with Crippen LogP contribution in [0.1, 0.15) is 24.8 Å². The number of likely N-dealkylation sites (tertiary alicyclic amines) is 1. The summed E-state index contributed by atoms with van der Waals surface area (Å²) in [6, 6.07) is 8.24. The Labute approximate surface area is 151 Å². The third-order valence-corrected chi connectivity index (χ3v) is 4.97. The summed E-state index contributed by atoms with van der Waals surface area (Å²) in [4.78, 5) is 16.4. The molecule has 0 aliphatic carbocycles. The van der Waals surface area contributed by atoms with E-state index in [2.05, 4.69) is 17.0 Å². The van der Waals surface area contributed by atoms with Gasteiger partial charge >= 0.3 is 0 Å². The van der Waals surface area contributed by atoms with Crippen molar-refractivity contribution >= 4 is 5.91 Å². The van der Waals surface area contributed by atoms with Crippen molar-refractivity contribution in [2.75, 3.05) is 54.1 Å². The van der Waals surface area contributed by atoms with Gasteiger partial charge in [0.05, 0.1) is 20.1 Å². The van der Waals surface area contributed by atoms with Gasteiger partial charge in [-0.25, -0.2) is 0 Å². The minimum absolute atomic E-state index is 0.174. The molecule has 5 heteroatoms. The number of para-hydroxylation sites is 1. The first-order valence-corrected chi connectivity index (χ1v) is 9.21. The van der Waals surface area contributed by atoms with E-state index < -0.39 is 0 Å². The van der Waals surface area contributed by atoms with E-state index in [-0.39, 0.29) is 5.91 Å². The van der Waals surface area contributed by atoms with Gasteiger partial charge in [-0.05, 0) is 43.4 Å². The van der Waals surface area contributed by atoms with Crippen LogP contribution in [-0.2, 0) is 16.0 Å². The summed E-state index contributed by atoms with van der Waals surface area (Å²) in [5.74, 6) is 1.70. The predicted molar refractivity (Wildman–Crippen MR) is 100.0 cm³/mol. The third-order valence-electron chi connectivity index (χ3n) is 4.97. The lowest BCUT2D eigenvalue weighted by Gasteiger charge is -2.34. The average molecular weight is 348 g/mol. The second-order valence-corrected chi connectivity index (χ2v) is 6.89. The highest BCUT2D eigenvalue weighted by atomic mass is 16.5. The highest BCUT2D eigenvalue weighted by Gasteiger charge is 2.22. The fourth-order valence-corrected chi connectivity index (χ4v) is 3.56. The lowest BCUT2D eigenvalue weighted by atomic mass is 9.97. The van der Waals surface area contributed by atoms with Gasteiger partial charge in [-0.2, -0.15) is 0 Å². The molecule has 0 bridgehead atoms. The van der Waals surface area contributed by atoms with Crippen LogP contribution < -0.4 is 4.74 Å². The molecule has 1 saturated heterocycles. The van der Waals surface area contributed by atoms with E-state index >= 15 is 0 Å². The van der Waals surface area contributed by atoms with E-state index in [4.69, 9.17) is 9.47 Å². The van der Waals surface area contributed by atoms with E-state index in [1.54, 1.807) is 14.2 Å². The molecule has 1 heterocycles. The molecule has 1 aromatic rings. The zero-order valence-electron chi connectivity index (χ0n) is 15.9. The van der Waals surface area contributed by atoms with Gasteiger partial charge in [0.15, 0.2) is 0 Å². The summed E-state index contributed by atoms with van der Waals surface area (Å²) in [6.45, 7) is 4.59. The van der Waals surface area contributed by atoms with Gasteiger partial charge < -0.3 is 19.3 Å². The molecule has 0 N–H and O–H groups in total. The summed E-state index contributed by atoms with van der Waals surface area (Å²) in [6.07, 6.45) is 3.88. The Morgan fingerprint density at radius 1 is 1.32 bits per heavy atom. The largest absolute Gasteiger partial charge is 0.496 e. The predicted octanol–water partition coefficient (Wildman–Crippen LogP) is 2.44. The van der Waals surface area contributed by atoms with Crippen molar-refractivity contribution in [2.45, 2.75) is 25.7 Å². The van der Waals surface area contributed by atoms with Crippen LogP contribution in [0.4, 0.5) is 0 Å². The molecule has 1 aliphatic heterocycles. The van der Waals surface area contributed by atoms with E-state index in [1.165, 1.54) is 18.4 Å². The zero-order chi connectivity index (χ0) is 18.1. The van der Waals surface area contributed by atoms with E-state index in [0.29, 0.717) is 18.9 Å². The topological polar surface area (TPSA) is 42.0 Å². The third kappa shape index (κ3) is 6.33. The first-order valence-electron chi connectivity index (χ1n) is 9.21. The van der Waals surface area contributed by atoms with Gasteiger partial charge in [-0.3, -0.25) is 4.79 Å².